The molecule has 1 fully saturated rings. The molecule has 0 aromatic heterocycles. The average Bonchev–Trinajstić information content (AvgIpc) is 2.35. The van der Waals surface area contributed by atoms with Gasteiger partial charge in [-0.15, -0.1) is 0 Å². The van der Waals surface area contributed by atoms with E-state index in [-0.39, 0.29) is 5.78 Å². The van der Waals surface area contributed by atoms with Gasteiger partial charge in [-0.2, -0.15) is 0 Å². The van der Waals surface area contributed by atoms with Gasteiger partial charge in [0.05, 0.1) is 6.54 Å². The summed E-state index contributed by atoms with van der Waals surface area (Å²) in [6, 6.07) is 3.78. The van der Waals surface area contributed by atoms with Crippen molar-refractivity contribution in [2.24, 2.45) is 0 Å². The molecule has 1 aliphatic rings. The van der Waals surface area contributed by atoms with Crippen LogP contribution < -0.4 is 5.32 Å². The summed E-state index contributed by atoms with van der Waals surface area (Å²) in [5.41, 5.74) is 2.79. The molecular formula is C14H19ClN2O. The predicted molar refractivity (Wildman–Crippen MR) is 74.6 cm³/mol. The van der Waals surface area contributed by atoms with Crippen LogP contribution in [0.1, 0.15) is 21.5 Å². The fraction of sp³-hybridized carbons (Fsp3) is 0.500. The summed E-state index contributed by atoms with van der Waals surface area (Å²) in [5.74, 6) is 0.163. The Morgan fingerprint density at radius 2 is 1.94 bits per heavy atom. The number of nitrogens with one attached hydrogen (secondary N) is 1. The Morgan fingerprint density at radius 3 is 2.61 bits per heavy atom. The van der Waals surface area contributed by atoms with Gasteiger partial charge in [0.15, 0.2) is 5.78 Å². The number of ketones is 1. The summed E-state index contributed by atoms with van der Waals surface area (Å²) in [4.78, 5) is 14.5. The first-order valence-corrected chi connectivity index (χ1v) is 6.69. The quantitative estimate of drug-likeness (QED) is 0.850. The molecule has 0 aliphatic carbocycles. The van der Waals surface area contributed by atoms with Gasteiger partial charge < -0.3 is 5.32 Å². The molecule has 0 atom stereocenters. The smallest absolute Gasteiger partial charge is 0.177 e. The maximum Gasteiger partial charge on any atom is 0.177 e. The summed E-state index contributed by atoms with van der Waals surface area (Å²) in [5, 5.41) is 3.95. The van der Waals surface area contributed by atoms with Crippen molar-refractivity contribution in [3.63, 3.8) is 0 Å². The number of hydrogen-bond acceptors (Lipinski definition) is 3. The Morgan fingerprint density at radius 1 is 1.28 bits per heavy atom. The highest BCUT2D eigenvalue weighted by Gasteiger charge is 2.17. The van der Waals surface area contributed by atoms with Gasteiger partial charge in [-0.3, -0.25) is 9.69 Å². The van der Waals surface area contributed by atoms with Crippen molar-refractivity contribution in [3.8, 4) is 0 Å². The van der Waals surface area contributed by atoms with E-state index in [0.29, 0.717) is 11.6 Å². The minimum Gasteiger partial charge on any atom is -0.314 e. The number of aryl methyl sites for hydroxylation is 2. The standard InChI is InChI=1S/C14H19ClN2O/c1-10-7-11(2)13(15)8-12(10)14(18)9-17-5-3-16-4-6-17/h7-8,16H,3-6,9H2,1-2H3. The van der Waals surface area contributed by atoms with Crippen molar-refractivity contribution in [3.05, 3.63) is 33.8 Å². The summed E-state index contributed by atoms with van der Waals surface area (Å²) in [6.45, 7) is 8.20. The van der Waals surface area contributed by atoms with Crippen LogP contribution in [0.5, 0.6) is 0 Å². The number of Topliss-reactive ketones (excluding diaryl/α,β-unsaturated/α-hetero) is 1. The van der Waals surface area contributed by atoms with E-state index < -0.39 is 0 Å². The molecule has 0 amide bonds. The van der Waals surface area contributed by atoms with E-state index in [4.69, 9.17) is 11.6 Å². The zero-order chi connectivity index (χ0) is 13.1. The SMILES string of the molecule is Cc1cc(C)c(C(=O)CN2CCNCC2)cc1Cl. The van der Waals surface area contributed by atoms with Crippen molar-refractivity contribution in [2.75, 3.05) is 32.7 Å². The van der Waals surface area contributed by atoms with Crippen molar-refractivity contribution >= 4 is 17.4 Å². The number of carbonyl (C=O) groups is 1. The highest BCUT2D eigenvalue weighted by molar-refractivity contribution is 6.31. The summed E-state index contributed by atoms with van der Waals surface area (Å²) < 4.78 is 0. The van der Waals surface area contributed by atoms with Gasteiger partial charge in [0.2, 0.25) is 0 Å². The number of hydrogen-bond donors (Lipinski definition) is 1. The first kappa shape index (κ1) is 13.5. The van der Waals surface area contributed by atoms with Crippen LogP contribution in [0.3, 0.4) is 0 Å². The van der Waals surface area contributed by atoms with Gasteiger partial charge in [0, 0.05) is 36.8 Å². The number of rotatable bonds is 3. The third-order valence-electron chi connectivity index (χ3n) is 3.38. The molecule has 1 aromatic rings. The van der Waals surface area contributed by atoms with Gasteiger partial charge >= 0.3 is 0 Å². The van der Waals surface area contributed by atoms with Crippen LogP contribution in [0.15, 0.2) is 12.1 Å². The second-order valence-corrected chi connectivity index (χ2v) is 5.27. The Balaban J connectivity index is 2.10. The third kappa shape index (κ3) is 3.10. The molecule has 0 unspecified atom stereocenters. The van der Waals surface area contributed by atoms with Gasteiger partial charge in [0.1, 0.15) is 0 Å². The van der Waals surface area contributed by atoms with Gasteiger partial charge in [-0.1, -0.05) is 17.7 Å². The molecule has 98 valence electrons. The predicted octanol–water partition coefficient (Wildman–Crippen LogP) is 2.04. The number of nitrogens with zero attached hydrogens (tertiary/aromatic N) is 1. The van der Waals surface area contributed by atoms with E-state index in [9.17, 15) is 4.79 Å². The maximum absolute atomic E-state index is 12.3. The topological polar surface area (TPSA) is 32.3 Å². The summed E-state index contributed by atoms with van der Waals surface area (Å²) >= 11 is 6.10. The molecule has 0 spiro atoms. The zero-order valence-electron chi connectivity index (χ0n) is 10.9. The Kier molecular flexibility index (Phi) is 4.38. The fourth-order valence-corrected chi connectivity index (χ4v) is 2.45. The lowest BCUT2D eigenvalue weighted by Crippen LogP contribution is -2.45. The molecule has 0 radical (unpaired) electrons. The third-order valence-corrected chi connectivity index (χ3v) is 3.79. The molecule has 1 saturated heterocycles. The summed E-state index contributed by atoms with van der Waals surface area (Å²) in [7, 11) is 0. The van der Waals surface area contributed by atoms with Gasteiger partial charge in [0.25, 0.3) is 0 Å². The number of carbonyl (C=O) groups excluding carboxylic acids is 1. The molecule has 1 heterocycles. The molecule has 1 N–H and O–H groups in total. The highest BCUT2D eigenvalue weighted by Crippen LogP contribution is 2.21. The van der Waals surface area contributed by atoms with Crippen molar-refractivity contribution in [2.45, 2.75) is 13.8 Å². The highest BCUT2D eigenvalue weighted by atomic mass is 35.5. The largest absolute Gasteiger partial charge is 0.314 e. The molecule has 1 aliphatic heterocycles. The first-order chi connectivity index (χ1) is 8.58. The second-order valence-electron chi connectivity index (χ2n) is 4.87. The van der Waals surface area contributed by atoms with E-state index >= 15 is 0 Å². The van der Waals surface area contributed by atoms with E-state index in [0.717, 1.165) is 42.9 Å². The second kappa shape index (κ2) is 5.83. The molecule has 3 nitrogen and oxygen atoms in total. The van der Waals surface area contributed by atoms with E-state index in [1.807, 2.05) is 19.9 Å². The molecule has 2 rings (SSSR count). The average molecular weight is 267 g/mol. The van der Waals surface area contributed by atoms with Crippen LogP contribution in [-0.4, -0.2) is 43.4 Å². The van der Waals surface area contributed by atoms with Gasteiger partial charge in [-0.05, 0) is 31.0 Å². The number of halogens is 1. The van der Waals surface area contributed by atoms with Crippen LogP contribution in [0.25, 0.3) is 0 Å². The monoisotopic (exact) mass is 266 g/mol. The van der Waals surface area contributed by atoms with E-state index in [2.05, 4.69) is 10.2 Å². The first-order valence-electron chi connectivity index (χ1n) is 6.31. The van der Waals surface area contributed by atoms with Crippen LogP contribution >= 0.6 is 11.6 Å². The van der Waals surface area contributed by atoms with E-state index in [1.165, 1.54) is 0 Å². The molecule has 0 saturated carbocycles. The van der Waals surface area contributed by atoms with Gasteiger partial charge in [-0.25, -0.2) is 0 Å². The van der Waals surface area contributed by atoms with Crippen LogP contribution in [0.2, 0.25) is 5.02 Å². The normalized spacial score (nSPS) is 16.8. The lowest BCUT2D eigenvalue weighted by molar-refractivity contribution is 0.0921. The van der Waals surface area contributed by atoms with Crippen molar-refractivity contribution < 1.29 is 4.79 Å². The molecule has 0 bridgehead atoms. The number of benzene rings is 1. The lowest BCUT2D eigenvalue weighted by Gasteiger charge is -2.26. The molecular weight excluding hydrogens is 248 g/mol. The van der Waals surface area contributed by atoms with Crippen molar-refractivity contribution in [1.29, 1.82) is 0 Å². The van der Waals surface area contributed by atoms with Crippen LogP contribution in [0.4, 0.5) is 0 Å². The van der Waals surface area contributed by atoms with Crippen molar-refractivity contribution in [1.82, 2.24) is 10.2 Å². The minimum atomic E-state index is 0.163. The Hall–Kier alpha value is -0.900. The van der Waals surface area contributed by atoms with Crippen LogP contribution in [0, 0.1) is 13.8 Å². The minimum absolute atomic E-state index is 0.163. The maximum atomic E-state index is 12.3. The van der Waals surface area contributed by atoms with E-state index in [1.54, 1.807) is 6.07 Å². The Labute approximate surface area is 113 Å². The molecule has 4 heteroatoms. The molecule has 18 heavy (non-hydrogen) atoms. The number of piperazine rings is 1. The van der Waals surface area contributed by atoms with Crippen LogP contribution in [-0.2, 0) is 0 Å². The summed E-state index contributed by atoms with van der Waals surface area (Å²) in [6.07, 6.45) is 0. The fourth-order valence-electron chi connectivity index (χ4n) is 2.28. The zero-order valence-corrected chi connectivity index (χ0v) is 11.7. The Bertz CT molecular complexity index is 453. The molecule has 1 aromatic carbocycles. The lowest BCUT2D eigenvalue weighted by atomic mass is 10.0.